The van der Waals surface area contributed by atoms with Crippen LogP contribution in [0.2, 0.25) is 5.02 Å². The average Bonchev–Trinajstić information content (AvgIpc) is 2.56. The normalized spacial score (nSPS) is 10.8. The molecular weight excluding hydrogens is 332 g/mol. The van der Waals surface area contributed by atoms with Crippen molar-refractivity contribution in [2.24, 2.45) is 5.92 Å². The fraction of sp³-hybridized carbons (Fsp3) is 0.389. The van der Waals surface area contributed by atoms with Crippen LogP contribution in [0.15, 0.2) is 18.2 Å². The van der Waals surface area contributed by atoms with Gasteiger partial charge in [0.2, 0.25) is 11.5 Å². The predicted molar refractivity (Wildman–Crippen MR) is 93.7 cm³/mol. The summed E-state index contributed by atoms with van der Waals surface area (Å²) in [7, 11) is 2.99. The molecule has 0 bridgehead atoms. The molecule has 6 heteroatoms. The molecule has 0 heterocycles. The first-order valence-corrected chi connectivity index (χ1v) is 8.04. The van der Waals surface area contributed by atoms with E-state index in [0.717, 1.165) is 0 Å². The average molecular weight is 353 g/mol. The molecule has 0 aliphatic rings. The predicted octanol–water partition coefficient (Wildman–Crippen LogP) is 4.47. The highest BCUT2D eigenvalue weighted by atomic mass is 35.5. The first kappa shape index (κ1) is 18.2. The Hall–Kier alpha value is -2.14. The maximum atomic E-state index is 12.1. The lowest BCUT2D eigenvalue weighted by Crippen LogP contribution is -2.16. The van der Waals surface area contributed by atoms with Gasteiger partial charge in [0.15, 0.2) is 11.5 Å². The Morgan fingerprint density at radius 1 is 1.04 bits per heavy atom. The molecule has 0 spiro atoms. The van der Waals surface area contributed by atoms with Crippen molar-refractivity contribution in [3.05, 3.63) is 23.2 Å². The quantitative estimate of drug-likeness (QED) is 0.567. The molecular formula is C18H21ClO5. The second-order valence-electron chi connectivity index (χ2n) is 5.42. The van der Waals surface area contributed by atoms with Crippen LogP contribution in [-0.2, 0) is 4.79 Å². The Kier molecular flexibility index (Phi) is 5.78. The topological polar surface area (TPSA) is 54.0 Å². The van der Waals surface area contributed by atoms with E-state index < -0.39 is 0 Å². The second kappa shape index (κ2) is 7.62. The first-order chi connectivity index (χ1) is 11.4. The lowest BCUT2D eigenvalue weighted by atomic mass is 10.1. The Balaban J connectivity index is 2.84. The molecule has 0 unspecified atom stereocenters. The molecule has 0 amide bonds. The standard InChI is InChI=1S/C18H21ClO5/c1-6-23-14-13-9-11(19)7-8-12(13)15(24-18(20)10(2)3)17(22-5)16(14)21-4/h7-10H,6H2,1-5H3. The second-order valence-corrected chi connectivity index (χ2v) is 5.86. The lowest BCUT2D eigenvalue weighted by molar-refractivity contribution is -0.137. The summed E-state index contributed by atoms with van der Waals surface area (Å²) in [5.41, 5.74) is 0. The number of hydrogen-bond acceptors (Lipinski definition) is 5. The van der Waals surface area contributed by atoms with Gasteiger partial charge in [0.1, 0.15) is 0 Å². The van der Waals surface area contributed by atoms with Crippen LogP contribution in [-0.4, -0.2) is 26.8 Å². The van der Waals surface area contributed by atoms with E-state index in [1.54, 1.807) is 32.0 Å². The smallest absolute Gasteiger partial charge is 0.313 e. The van der Waals surface area contributed by atoms with Crippen LogP contribution in [0.5, 0.6) is 23.0 Å². The minimum absolute atomic E-state index is 0.283. The third-order valence-corrected chi connectivity index (χ3v) is 3.70. The van der Waals surface area contributed by atoms with E-state index in [-0.39, 0.29) is 11.9 Å². The molecule has 0 radical (unpaired) electrons. The number of methoxy groups -OCH3 is 2. The third kappa shape index (κ3) is 3.36. The summed E-state index contributed by atoms with van der Waals surface area (Å²) in [6, 6.07) is 5.24. The molecule has 0 aliphatic carbocycles. The fourth-order valence-electron chi connectivity index (χ4n) is 2.33. The summed E-state index contributed by atoms with van der Waals surface area (Å²) < 4.78 is 22.3. The molecule has 24 heavy (non-hydrogen) atoms. The number of benzene rings is 2. The van der Waals surface area contributed by atoms with E-state index in [4.69, 9.17) is 30.5 Å². The van der Waals surface area contributed by atoms with Gasteiger partial charge in [-0.2, -0.15) is 0 Å². The molecule has 0 N–H and O–H groups in total. The van der Waals surface area contributed by atoms with Gasteiger partial charge < -0.3 is 18.9 Å². The lowest BCUT2D eigenvalue weighted by Gasteiger charge is -2.20. The molecule has 0 saturated heterocycles. The largest absolute Gasteiger partial charge is 0.490 e. The Bertz CT molecular complexity index is 755. The van der Waals surface area contributed by atoms with Crippen molar-refractivity contribution in [3.63, 3.8) is 0 Å². The number of esters is 1. The third-order valence-electron chi connectivity index (χ3n) is 3.46. The zero-order valence-electron chi connectivity index (χ0n) is 14.4. The van der Waals surface area contributed by atoms with E-state index in [1.807, 2.05) is 6.92 Å². The van der Waals surface area contributed by atoms with Gasteiger partial charge in [0, 0.05) is 15.8 Å². The van der Waals surface area contributed by atoms with Crippen LogP contribution in [0.4, 0.5) is 0 Å². The molecule has 0 aliphatic heterocycles. The summed E-state index contributed by atoms with van der Waals surface area (Å²) in [6.45, 7) is 5.83. The molecule has 0 saturated carbocycles. The summed E-state index contributed by atoms with van der Waals surface area (Å²) in [5, 5.41) is 1.89. The SMILES string of the molecule is CCOc1c(OC)c(OC)c(OC(=O)C(C)C)c2ccc(Cl)cc12. The van der Waals surface area contributed by atoms with Gasteiger partial charge in [0.25, 0.3) is 0 Å². The molecule has 130 valence electrons. The van der Waals surface area contributed by atoms with Crippen LogP contribution in [0.1, 0.15) is 20.8 Å². The number of ether oxygens (including phenoxy) is 4. The molecule has 5 nitrogen and oxygen atoms in total. The summed E-state index contributed by atoms with van der Waals surface area (Å²) >= 11 is 6.13. The van der Waals surface area contributed by atoms with E-state index in [2.05, 4.69) is 0 Å². The monoisotopic (exact) mass is 352 g/mol. The Morgan fingerprint density at radius 2 is 1.67 bits per heavy atom. The van der Waals surface area contributed by atoms with Gasteiger partial charge in [-0.05, 0) is 25.1 Å². The highest BCUT2D eigenvalue weighted by Gasteiger charge is 2.26. The highest BCUT2D eigenvalue weighted by Crippen LogP contribution is 2.51. The van der Waals surface area contributed by atoms with Crippen molar-refractivity contribution in [2.75, 3.05) is 20.8 Å². The fourth-order valence-corrected chi connectivity index (χ4v) is 2.50. The maximum Gasteiger partial charge on any atom is 0.313 e. The first-order valence-electron chi connectivity index (χ1n) is 7.66. The van der Waals surface area contributed by atoms with E-state index in [0.29, 0.717) is 45.4 Å². The molecule has 2 rings (SSSR count). The summed E-state index contributed by atoms with van der Waals surface area (Å²) in [6.07, 6.45) is 0. The van der Waals surface area contributed by atoms with E-state index >= 15 is 0 Å². The zero-order valence-corrected chi connectivity index (χ0v) is 15.2. The van der Waals surface area contributed by atoms with Crippen LogP contribution in [0.25, 0.3) is 10.8 Å². The van der Waals surface area contributed by atoms with Gasteiger partial charge >= 0.3 is 5.97 Å². The van der Waals surface area contributed by atoms with Gasteiger partial charge in [-0.1, -0.05) is 25.4 Å². The molecule has 2 aromatic carbocycles. The number of carbonyl (C=O) groups excluding carboxylic acids is 1. The van der Waals surface area contributed by atoms with Crippen LogP contribution < -0.4 is 18.9 Å². The molecule has 0 aromatic heterocycles. The summed E-state index contributed by atoms with van der Waals surface area (Å²) in [4.78, 5) is 12.1. The van der Waals surface area contributed by atoms with Gasteiger partial charge in [-0.3, -0.25) is 4.79 Å². The van der Waals surface area contributed by atoms with Crippen molar-refractivity contribution in [1.29, 1.82) is 0 Å². The number of hydrogen-bond donors (Lipinski definition) is 0. The highest BCUT2D eigenvalue weighted by molar-refractivity contribution is 6.31. The van der Waals surface area contributed by atoms with Crippen LogP contribution >= 0.6 is 11.6 Å². The number of carbonyl (C=O) groups is 1. The van der Waals surface area contributed by atoms with Crippen molar-refractivity contribution < 1.29 is 23.7 Å². The van der Waals surface area contributed by atoms with Crippen LogP contribution in [0, 0.1) is 5.92 Å². The van der Waals surface area contributed by atoms with Crippen molar-refractivity contribution in [2.45, 2.75) is 20.8 Å². The maximum absolute atomic E-state index is 12.1. The number of halogens is 1. The molecule has 2 aromatic rings. The minimum atomic E-state index is -0.365. The molecule has 0 fully saturated rings. The Morgan fingerprint density at radius 3 is 2.21 bits per heavy atom. The summed E-state index contributed by atoms with van der Waals surface area (Å²) in [5.74, 6) is 0.817. The van der Waals surface area contributed by atoms with Crippen molar-refractivity contribution in [1.82, 2.24) is 0 Å². The zero-order chi connectivity index (χ0) is 17.9. The van der Waals surface area contributed by atoms with Crippen molar-refractivity contribution in [3.8, 4) is 23.0 Å². The van der Waals surface area contributed by atoms with Crippen LogP contribution in [0.3, 0.4) is 0 Å². The molecule has 0 atom stereocenters. The Labute approximate surface area is 146 Å². The van der Waals surface area contributed by atoms with Gasteiger partial charge in [-0.15, -0.1) is 0 Å². The van der Waals surface area contributed by atoms with Gasteiger partial charge in [-0.25, -0.2) is 0 Å². The minimum Gasteiger partial charge on any atom is -0.490 e. The van der Waals surface area contributed by atoms with Gasteiger partial charge in [0.05, 0.1) is 26.7 Å². The van der Waals surface area contributed by atoms with Crippen molar-refractivity contribution >= 4 is 28.3 Å². The van der Waals surface area contributed by atoms with E-state index in [1.165, 1.54) is 14.2 Å². The number of rotatable bonds is 6. The number of fused-ring (bicyclic) bond motifs is 1. The van der Waals surface area contributed by atoms with E-state index in [9.17, 15) is 4.79 Å².